The van der Waals surface area contributed by atoms with Gasteiger partial charge in [-0.1, -0.05) is 118 Å². The van der Waals surface area contributed by atoms with Crippen molar-refractivity contribution in [3.05, 3.63) is 145 Å². The Kier molecular flexibility index (Phi) is 5.42. The molecule has 6 aromatic carbocycles. The van der Waals surface area contributed by atoms with Gasteiger partial charge >= 0.3 is 0 Å². The fourth-order valence-corrected chi connectivity index (χ4v) is 6.57. The van der Waals surface area contributed by atoms with Crippen molar-refractivity contribution >= 4 is 43.6 Å². The standard InChI is InChI=1S/C40H32N2/c1-40(2,3)29-21-22-35-34-17-9-12-20-38(34)42(39(35)25-29)31-24-28(27-13-5-4-6-14-27)23-30(26-31)41-36-18-10-7-15-32(36)33-16-8-11-19-37(33)41/h4-26H,1-3H3. The van der Waals surface area contributed by atoms with Crippen molar-refractivity contribution in [3.63, 3.8) is 0 Å². The highest BCUT2D eigenvalue weighted by Gasteiger charge is 2.20. The van der Waals surface area contributed by atoms with Crippen LogP contribution in [0.15, 0.2) is 140 Å². The summed E-state index contributed by atoms with van der Waals surface area (Å²) in [4.78, 5) is 0. The summed E-state index contributed by atoms with van der Waals surface area (Å²) in [5, 5.41) is 5.09. The normalized spacial score (nSPS) is 12.2. The highest BCUT2D eigenvalue weighted by molar-refractivity contribution is 6.10. The minimum absolute atomic E-state index is 0.0511. The Labute approximate surface area is 246 Å². The molecule has 2 aromatic heterocycles. The first-order chi connectivity index (χ1) is 20.5. The summed E-state index contributed by atoms with van der Waals surface area (Å²) in [6.07, 6.45) is 0. The number of hydrogen-bond donors (Lipinski definition) is 0. The molecule has 0 aliphatic carbocycles. The molecule has 0 spiro atoms. The molecule has 2 heteroatoms. The van der Waals surface area contributed by atoms with Crippen LogP contribution in [0.25, 0.3) is 66.1 Å². The molecular formula is C40H32N2. The lowest BCUT2D eigenvalue weighted by Gasteiger charge is -2.20. The molecule has 0 bridgehead atoms. The molecule has 0 saturated carbocycles. The number of fused-ring (bicyclic) bond motifs is 6. The van der Waals surface area contributed by atoms with Gasteiger partial charge in [-0.25, -0.2) is 0 Å². The Bertz CT molecular complexity index is 2220. The number of aromatic nitrogens is 2. The van der Waals surface area contributed by atoms with Gasteiger partial charge in [-0.2, -0.15) is 0 Å². The van der Waals surface area contributed by atoms with Gasteiger partial charge in [0.2, 0.25) is 0 Å². The lowest BCUT2D eigenvalue weighted by Crippen LogP contribution is -2.10. The Morgan fingerprint density at radius 1 is 0.381 bits per heavy atom. The highest BCUT2D eigenvalue weighted by atomic mass is 15.0. The predicted octanol–water partition coefficient (Wildman–Crippen LogP) is 10.8. The smallest absolute Gasteiger partial charge is 0.0544 e. The van der Waals surface area contributed by atoms with Gasteiger partial charge in [-0.15, -0.1) is 0 Å². The minimum atomic E-state index is 0.0511. The van der Waals surface area contributed by atoms with Gasteiger partial charge in [0, 0.05) is 32.9 Å². The van der Waals surface area contributed by atoms with E-state index in [1.165, 1.54) is 60.3 Å². The van der Waals surface area contributed by atoms with E-state index in [0.717, 1.165) is 11.4 Å². The monoisotopic (exact) mass is 540 g/mol. The third-order valence-corrected chi connectivity index (χ3v) is 8.65. The van der Waals surface area contributed by atoms with Crippen molar-refractivity contribution in [3.8, 4) is 22.5 Å². The van der Waals surface area contributed by atoms with Crippen molar-refractivity contribution < 1.29 is 0 Å². The van der Waals surface area contributed by atoms with Crippen LogP contribution in [-0.2, 0) is 5.41 Å². The van der Waals surface area contributed by atoms with E-state index < -0.39 is 0 Å². The molecule has 8 rings (SSSR count). The van der Waals surface area contributed by atoms with Gasteiger partial charge in [-0.05, 0) is 64.6 Å². The van der Waals surface area contributed by atoms with Gasteiger partial charge in [0.15, 0.2) is 0 Å². The SMILES string of the molecule is CC(C)(C)c1ccc2c3ccccc3n(-c3cc(-c4ccccc4)cc(-n4c5ccccc5c5ccccc54)c3)c2c1. The second-order valence-electron chi connectivity index (χ2n) is 12.3. The van der Waals surface area contributed by atoms with E-state index in [2.05, 4.69) is 169 Å². The zero-order chi connectivity index (χ0) is 28.4. The van der Waals surface area contributed by atoms with Crippen LogP contribution < -0.4 is 0 Å². The zero-order valence-electron chi connectivity index (χ0n) is 24.2. The first kappa shape index (κ1) is 24.7. The third-order valence-electron chi connectivity index (χ3n) is 8.65. The molecule has 0 aliphatic rings. The largest absolute Gasteiger partial charge is 0.309 e. The van der Waals surface area contributed by atoms with Crippen LogP contribution >= 0.6 is 0 Å². The second-order valence-corrected chi connectivity index (χ2v) is 12.3. The molecule has 0 aliphatic heterocycles. The summed E-state index contributed by atoms with van der Waals surface area (Å²) in [7, 11) is 0. The van der Waals surface area contributed by atoms with Gasteiger partial charge in [-0.3, -0.25) is 0 Å². The maximum atomic E-state index is 2.46. The Balaban J connectivity index is 1.50. The van der Waals surface area contributed by atoms with Gasteiger partial charge in [0.05, 0.1) is 22.1 Å². The molecule has 2 heterocycles. The Morgan fingerprint density at radius 2 is 0.833 bits per heavy atom. The summed E-state index contributed by atoms with van der Waals surface area (Å²) >= 11 is 0. The molecule has 2 nitrogen and oxygen atoms in total. The van der Waals surface area contributed by atoms with Gasteiger partial charge in [0.1, 0.15) is 0 Å². The fourth-order valence-electron chi connectivity index (χ4n) is 6.57. The second kappa shape index (κ2) is 9.22. The fraction of sp³-hybridized carbons (Fsp3) is 0.100. The molecule has 0 N–H and O–H groups in total. The molecule has 0 radical (unpaired) electrons. The predicted molar refractivity (Wildman–Crippen MR) is 179 cm³/mol. The number of nitrogens with zero attached hydrogens (tertiary/aromatic N) is 2. The van der Waals surface area contributed by atoms with Crippen LogP contribution in [0.3, 0.4) is 0 Å². The van der Waals surface area contributed by atoms with Crippen LogP contribution in [0.4, 0.5) is 0 Å². The third kappa shape index (κ3) is 3.79. The van der Waals surface area contributed by atoms with E-state index in [4.69, 9.17) is 0 Å². The van der Waals surface area contributed by atoms with Crippen LogP contribution in [0, 0.1) is 0 Å². The van der Waals surface area contributed by atoms with Crippen LogP contribution in [0.2, 0.25) is 0 Å². The highest BCUT2D eigenvalue weighted by Crippen LogP contribution is 2.38. The maximum absolute atomic E-state index is 2.46. The molecule has 8 aromatic rings. The average molecular weight is 541 g/mol. The molecule has 0 atom stereocenters. The van der Waals surface area contributed by atoms with E-state index in [1.54, 1.807) is 0 Å². The number of hydrogen-bond acceptors (Lipinski definition) is 0. The van der Waals surface area contributed by atoms with Crippen molar-refractivity contribution in [1.29, 1.82) is 0 Å². The van der Waals surface area contributed by atoms with Crippen LogP contribution in [0.5, 0.6) is 0 Å². The topological polar surface area (TPSA) is 9.86 Å². The van der Waals surface area contributed by atoms with Gasteiger partial charge in [0.25, 0.3) is 0 Å². The molecule has 0 fully saturated rings. The average Bonchev–Trinajstić information content (AvgIpc) is 3.54. The molecule has 42 heavy (non-hydrogen) atoms. The molecular weight excluding hydrogens is 508 g/mol. The van der Waals surface area contributed by atoms with Crippen LogP contribution in [-0.4, -0.2) is 9.13 Å². The number of benzene rings is 6. The van der Waals surface area contributed by atoms with E-state index in [0.29, 0.717) is 0 Å². The first-order valence-electron chi connectivity index (χ1n) is 14.7. The van der Waals surface area contributed by atoms with Crippen molar-refractivity contribution in [1.82, 2.24) is 9.13 Å². The van der Waals surface area contributed by atoms with E-state index in [1.807, 2.05) is 0 Å². The summed E-state index contributed by atoms with van der Waals surface area (Å²) < 4.78 is 4.89. The van der Waals surface area contributed by atoms with Crippen molar-refractivity contribution in [2.45, 2.75) is 26.2 Å². The summed E-state index contributed by atoms with van der Waals surface area (Å²) in [6, 6.07) is 51.1. The molecule has 202 valence electrons. The van der Waals surface area contributed by atoms with Gasteiger partial charge < -0.3 is 9.13 Å². The molecule has 0 unspecified atom stereocenters. The minimum Gasteiger partial charge on any atom is -0.309 e. The van der Waals surface area contributed by atoms with Crippen LogP contribution in [0.1, 0.15) is 26.3 Å². The number of rotatable bonds is 3. The summed E-state index contributed by atoms with van der Waals surface area (Å²) in [5.41, 5.74) is 11.0. The quantitative estimate of drug-likeness (QED) is 0.211. The van der Waals surface area contributed by atoms with E-state index in [-0.39, 0.29) is 5.41 Å². The molecule has 0 saturated heterocycles. The lowest BCUT2D eigenvalue weighted by molar-refractivity contribution is 0.591. The van der Waals surface area contributed by atoms with E-state index >= 15 is 0 Å². The number of para-hydroxylation sites is 3. The maximum Gasteiger partial charge on any atom is 0.0544 e. The Morgan fingerprint density at radius 3 is 1.36 bits per heavy atom. The van der Waals surface area contributed by atoms with Crippen molar-refractivity contribution in [2.24, 2.45) is 0 Å². The summed E-state index contributed by atoms with van der Waals surface area (Å²) in [6.45, 7) is 6.87. The van der Waals surface area contributed by atoms with E-state index in [9.17, 15) is 0 Å². The first-order valence-corrected chi connectivity index (χ1v) is 14.7. The van der Waals surface area contributed by atoms with Crippen molar-refractivity contribution in [2.75, 3.05) is 0 Å². The summed E-state index contributed by atoms with van der Waals surface area (Å²) in [5.74, 6) is 0. The zero-order valence-corrected chi connectivity index (χ0v) is 24.2. The molecule has 0 amide bonds. The Hall–Kier alpha value is -5.08. The lowest BCUT2D eigenvalue weighted by atomic mass is 9.86.